The van der Waals surface area contributed by atoms with Gasteiger partial charge in [0.25, 0.3) is 0 Å². The van der Waals surface area contributed by atoms with Crippen LogP contribution in [-0.4, -0.2) is 10.9 Å². The summed E-state index contributed by atoms with van der Waals surface area (Å²) in [5.41, 5.74) is 1.47. The number of carbonyl (C=O) groups is 1. The number of nitrogens with zero attached hydrogens (tertiary/aromatic N) is 1. The molecule has 0 saturated carbocycles. The van der Waals surface area contributed by atoms with Crippen LogP contribution in [0, 0.1) is 6.92 Å². The summed E-state index contributed by atoms with van der Waals surface area (Å²) in [6, 6.07) is 5.17. The van der Waals surface area contributed by atoms with E-state index in [4.69, 9.17) is 27.7 Å². The number of benzene rings is 1. The first kappa shape index (κ1) is 12.1. The summed E-state index contributed by atoms with van der Waals surface area (Å²) in [6.45, 7) is 3.15. The van der Waals surface area contributed by atoms with Crippen molar-refractivity contribution in [2.24, 2.45) is 0 Å². The largest absolute Gasteiger partial charge is 0.360 e. The van der Waals surface area contributed by atoms with Crippen molar-refractivity contribution >= 4 is 29.0 Å². The summed E-state index contributed by atoms with van der Waals surface area (Å²) in [5, 5.41) is 4.65. The van der Waals surface area contributed by atoms with Gasteiger partial charge in [-0.25, -0.2) is 0 Å². The van der Waals surface area contributed by atoms with Gasteiger partial charge in [0.15, 0.2) is 5.78 Å². The van der Waals surface area contributed by atoms with Gasteiger partial charge < -0.3 is 4.52 Å². The molecule has 88 valence electrons. The molecule has 1 aromatic heterocycles. The Labute approximate surface area is 108 Å². The van der Waals surface area contributed by atoms with Crippen LogP contribution in [0.1, 0.15) is 23.0 Å². The second-order valence-corrected chi connectivity index (χ2v) is 4.41. The molecule has 0 spiro atoms. The maximum Gasteiger partial charge on any atom is 0.165 e. The van der Waals surface area contributed by atoms with Crippen molar-refractivity contribution in [1.82, 2.24) is 5.16 Å². The third kappa shape index (κ3) is 2.08. The van der Waals surface area contributed by atoms with Gasteiger partial charge in [-0.15, -0.1) is 0 Å². The lowest BCUT2D eigenvalue weighted by atomic mass is 10.0. The molecule has 0 aliphatic carbocycles. The third-order valence-corrected chi connectivity index (χ3v) is 3.24. The summed E-state index contributed by atoms with van der Waals surface area (Å²) in [5.74, 6) is 0.360. The Kier molecular flexibility index (Phi) is 3.22. The van der Waals surface area contributed by atoms with Crippen molar-refractivity contribution in [2.45, 2.75) is 13.8 Å². The van der Waals surface area contributed by atoms with Gasteiger partial charge in [0.2, 0.25) is 0 Å². The van der Waals surface area contributed by atoms with E-state index in [-0.39, 0.29) is 5.78 Å². The summed E-state index contributed by atoms with van der Waals surface area (Å²) < 4.78 is 5.03. The van der Waals surface area contributed by atoms with E-state index in [1.807, 2.05) is 0 Å². The Morgan fingerprint density at radius 3 is 2.71 bits per heavy atom. The number of ketones is 1. The molecule has 1 heterocycles. The van der Waals surface area contributed by atoms with Crippen LogP contribution in [0.25, 0.3) is 11.3 Å². The lowest BCUT2D eigenvalue weighted by Gasteiger charge is -2.03. The standard InChI is InChI=1S/C12H9Cl2NO2/c1-6(16)10-7(2)17-15-12(10)8-4-3-5-9(13)11(8)14/h3-5H,1-2H3. The average Bonchev–Trinajstić information content (AvgIpc) is 2.64. The summed E-state index contributed by atoms with van der Waals surface area (Å²) >= 11 is 12.0. The molecule has 0 fully saturated rings. The van der Waals surface area contributed by atoms with E-state index in [9.17, 15) is 4.79 Å². The quantitative estimate of drug-likeness (QED) is 0.769. The second-order valence-electron chi connectivity index (χ2n) is 3.62. The number of aryl methyl sites for hydroxylation is 1. The molecule has 0 N–H and O–H groups in total. The SMILES string of the molecule is CC(=O)c1c(-c2cccc(Cl)c2Cl)noc1C. The van der Waals surface area contributed by atoms with Crippen LogP contribution in [0.5, 0.6) is 0 Å². The maximum atomic E-state index is 11.5. The third-order valence-electron chi connectivity index (χ3n) is 2.42. The van der Waals surface area contributed by atoms with E-state index in [0.29, 0.717) is 32.6 Å². The van der Waals surface area contributed by atoms with Crippen LogP contribution in [0.3, 0.4) is 0 Å². The monoisotopic (exact) mass is 269 g/mol. The second kappa shape index (κ2) is 4.51. The van der Waals surface area contributed by atoms with E-state index in [1.54, 1.807) is 25.1 Å². The predicted molar refractivity (Wildman–Crippen MR) is 66.7 cm³/mol. The zero-order chi connectivity index (χ0) is 12.6. The smallest absolute Gasteiger partial charge is 0.165 e. The van der Waals surface area contributed by atoms with Crippen molar-refractivity contribution in [3.8, 4) is 11.3 Å². The fourth-order valence-electron chi connectivity index (χ4n) is 1.66. The lowest BCUT2D eigenvalue weighted by molar-refractivity contribution is 0.101. The highest BCUT2D eigenvalue weighted by atomic mass is 35.5. The summed E-state index contributed by atoms with van der Waals surface area (Å²) in [6.07, 6.45) is 0. The molecule has 1 aromatic carbocycles. The molecule has 0 atom stereocenters. The number of hydrogen-bond donors (Lipinski definition) is 0. The van der Waals surface area contributed by atoms with Crippen LogP contribution in [0.4, 0.5) is 0 Å². The van der Waals surface area contributed by atoms with Gasteiger partial charge in [0.1, 0.15) is 11.5 Å². The van der Waals surface area contributed by atoms with Crippen molar-refractivity contribution < 1.29 is 9.32 Å². The van der Waals surface area contributed by atoms with Crippen molar-refractivity contribution in [3.05, 3.63) is 39.6 Å². The number of hydrogen-bond acceptors (Lipinski definition) is 3. The lowest BCUT2D eigenvalue weighted by Crippen LogP contribution is -1.96. The van der Waals surface area contributed by atoms with Crippen molar-refractivity contribution in [1.29, 1.82) is 0 Å². The first-order valence-electron chi connectivity index (χ1n) is 4.94. The fourth-order valence-corrected chi connectivity index (χ4v) is 2.05. The van der Waals surface area contributed by atoms with E-state index >= 15 is 0 Å². The molecule has 3 nitrogen and oxygen atoms in total. The number of carbonyl (C=O) groups excluding carboxylic acids is 1. The molecule has 2 rings (SSSR count). The van der Waals surface area contributed by atoms with E-state index < -0.39 is 0 Å². The fraction of sp³-hybridized carbons (Fsp3) is 0.167. The van der Waals surface area contributed by atoms with Crippen LogP contribution in [-0.2, 0) is 0 Å². The number of aromatic nitrogens is 1. The van der Waals surface area contributed by atoms with Gasteiger partial charge in [0.05, 0.1) is 15.6 Å². The topological polar surface area (TPSA) is 43.1 Å². The van der Waals surface area contributed by atoms with E-state index in [1.165, 1.54) is 6.92 Å². The molecule has 0 unspecified atom stereocenters. The van der Waals surface area contributed by atoms with Gasteiger partial charge in [0, 0.05) is 5.56 Å². The first-order chi connectivity index (χ1) is 8.02. The molecule has 5 heteroatoms. The predicted octanol–water partition coefficient (Wildman–Crippen LogP) is 4.16. The molecule has 0 aliphatic heterocycles. The van der Waals surface area contributed by atoms with Gasteiger partial charge in [-0.2, -0.15) is 0 Å². The maximum absolute atomic E-state index is 11.5. The molecular weight excluding hydrogens is 261 g/mol. The number of halogens is 2. The molecule has 0 saturated heterocycles. The highest BCUT2D eigenvalue weighted by Crippen LogP contribution is 2.35. The van der Waals surface area contributed by atoms with Gasteiger partial charge in [-0.3, -0.25) is 4.79 Å². The minimum Gasteiger partial charge on any atom is -0.360 e. The Morgan fingerprint density at radius 1 is 1.35 bits per heavy atom. The zero-order valence-electron chi connectivity index (χ0n) is 9.25. The molecule has 0 bridgehead atoms. The average molecular weight is 270 g/mol. The molecule has 17 heavy (non-hydrogen) atoms. The normalized spacial score (nSPS) is 10.6. The molecule has 2 aromatic rings. The van der Waals surface area contributed by atoms with Crippen molar-refractivity contribution in [2.75, 3.05) is 0 Å². The zero-order valence-corrected chi connectivity index (χ0v) is 10.8. The van der Waals surface area contributed by atoms with Crippen LogP contribution in [0.2, 0.25) is 10.0 Å². The van der Waals surface area contributed by atoms with Crippen LogP contribution < -0.4 is 0 Å². The van der Waals surface area contributed by atoms with Gasteiger partial charge in [-0.1, -0.05) is 40.5 Å². The summed E-state index contributed by atoms with van der Waals surface area (Å²) in [7, 11) is 0. The Bertz CT molecular complexity index is 590. The van der Waals surface area contributed by atoms with Crippen LogP contribution in [0.15, 0.2) is 22.7 Å². The molecule has 0 radical (unpaired) electrons. The molecule has 0 aliphatic rings. The molecule has 0 amide bonds. The highest BCUT2D eigenvalue weighted by Gasteiger charge is 2.20. The minimum atomic E-state index is -0.116. The molecular formula is C12H9Cl2NO2. The summed E-state index contributed by atoms with van der Waals surface area (Å²) in [4.78, 5) is 11.5. The van der Waals surface area contributed by atoms with Gasteiger partial charge >= 0.3 is 0 Å². The van der Waals surface area contributed by atoms with Crippen LogP contribution >= 0.6 is 23.2 Å². The minimum absolute atomic E-state index is 0.116. The first-order valence-corrected chi connectivity index (χ1v) is 5.69. The van der Waals surface area contributed by atoms with Gasteiger partial charge in [-0.05, 0) is 19.9 Å². The van der Waals surface area contributed by atoms with Crippen molar-refractivity contribution in [3.63, 3.8) is 0 Å². The Hall–Kier alpha value is -1.32. The number of Topliss-reactive ketones (excluding diaryl/α,β-unsaturated/α-hetero) is 1. The Morgan fingerprint density at radius 2 is 2.06 bits per heavy atom. The van der Waals surface area contributed by atoms with E-state index in [2.05, 4.69) is 5.16 Å². The Balaban J connectivity index is 2.69. The highest BCUT2D eigenvalue weighted by molar-refractivity contribution is 6.43. The van der Waals surface area contributed by atoms with E-state index in [0.717, 1.165) is 0 Å². The number of rotatable bonds is 2.